The number of hydrogen-bond acceptors (Lipinski definition) is 7. The van der Waals surface area contributed by atoms with E-state index in [-0.39, 0.29) is 23.6 Å². The number of nitrogens with zero attached hydrogens (tertiary/aromatic N) is 4. The Kier molecular flexibility index (Phi) is 5.62. The van der Waals surface area contributed by atoms with Crippen LogP contribution < -0.4 is 11.1 Å². The van der Waals surface area contributed by atoms with Gasteiger partial charge in [-0.05, 0) is 60.8 Å². The number of benzene rings is 1. The third kappa shape index (κ3) is 4.22. The Morgan fingerprint density at radius 2 is 1.97 bits per heavy atom. The molecule has 1 aromatic carbocycles. The zero-order valence-corrected chi connectivity index (χ0v) is 20.8. The average Bonchev–Trinajstić information content (AvgIpc) is 3.21. The Balaban J connectivity index is 1.52. The number of aromatic nitrogens is 4. The number of nitrogen functional groups attached to an aromatic ring is 1. The van der Waals surface area contributed by atoms with E-state index in [1.165, 1.54) is 5.56 Å². The molecule has 0 spiro atoms. The van der Waals surface area contributed by atoms with E-state index in [1.807, 2.05) is 25.3 Å². The smallest absolute Gasteiger partial charge is 0.165 e. The van der Waals surface area contributed by atoms with Gasteiger partial charge >= 0.3 is 0 Å². The molecule has 33 heavy (non-hydrogen) atoms. The lowest BCUT2D eigenvalue weighted by Crippen LogP contribution is -2.39. The van der Waals surface area contributed by atoms with Gasteiger partial charge in [-0.2, -0.15) is 9.61 Å². The number of sulfone groups is 1. The number of anilines is 1. The normalized spacial score (nSPS) is 17.5. The Morgan fingerprint density at radius 1 is 1.21 bits per heavy atom. The number of halogens is 1. The summed E-state index contributed by atoms with van der Waals surface area (Å²) in [6.07, 6.45) is 4.79. The van der Waals surface area contributed by atoms with Gasteiger partial charge < -0.3 is 11.1 Å². The molecular weight excluding hydrogens is 504 g/mol. The molecule has 0 saturated carbocycles. The molecule has 8 nitrogen and oxygen atoms in total. The monoisotopic (exact) mass is 528 g/mol. The lowest BCUT2D eigenvalue weighted by Gasteiger charge is -2.27. The van der Waals surface area contributed by atoms with Crippen LogP contribution in [-0.2, 0) is 9.84 Å². The Morgan fingerprint density at radius 3 is 2.73 bits per heavy atom. The van der Waals surface area contributed by atoms with E-state index in [1.54, 1.807) is 10.7 Å². The molecule has 0 amide bonds. The number of hydrogen-bond donors (Lipinski definition) is 2. The fourth-order valence-corrected chi connectivity index (χ4v) is 6.48. The first-order valence-electron chi connectivity index (χ1n) is 10.9. The van der Waals surface area contributed by atoms with Gasteiger partial charge in [0, 0.05) is 34.8 Å². The van der Waals surface area contributed by atoms with Crippen molar-refractivity contribution in [3.63, 3.8) is 0 Å². The fraction of sp³-hybridized carbons (Fsp3) is 0.348. The molecule has 4 heterocycles. The van der Waals surface area contributed by atoms with E-state index in [0.717, 1.165) is 27.7 Å². The van der Waals surface area contributed by atoms with Crippen molar-refractivity contribution in [1.29, 1.82) is 0 Å². The molecule has 0 aliphatic carbocycles. The molecule has 5 rings (SSSR count). The van der Waals surface area contributed by atoms with Gasteiger partial charge in [-0.15, -0.1) is 0 Å². The molecule has 3 N–H and O–H groups in total. The summed E-state index contributed by atoms with van der Waals surface area (Å²) in [5.41, 5.74) is 11.7. The maximum atomic E-state index is 11.8. The van der Waals surface area contributed by atoms with Crippen LogP contribution in [0, 0.1) is 6.92 Å². The van der Waals surface area contributed by atoms with Crippen molar-refractivity contribution >= 4 is 48.1 Å². The van der Waals surface area contributed by atoms with Crippen molar-refractivity contribution in [2.45, 2.75) is 38.8 Å². The summed E-state index contributed by atoms with van der Waals surface area (Å²) < 4.78 is 25.8. The molecular formula is C23H25BrN6O2S. The summed E-state index contributed by atoms with van der Waals surface area (Å²) in [4.78, 5) is 9.53. The molecule has 0 radical (unpaired) electrons. The van der Waals surface area contributed by atoms with E-state index >= 15 is 0 Å². The van der Waals surface area contributed by atoms with E-state index in [2.05, 4.69) is 50.4 Å². The summed E-state index contributed by atoms with van der Waals surface area (Å²) in [5, 5.41) is 9.06. The van der Waals surface area contributed by atoms with Gasteiger partial charge in [0.1, 0.15) is 15.7 Å². The van der Waals surface area contributed by atoms with Crippen LogP contribution in [0.15, 0.2) is 41.1 Å². The molecule has 10 heteroatoms. The molecule has 1 aliphatic heterocycles. The highest BCUT2D eigenvalue weighted by atomic mass is 79.9. The van der Waals surface area contributed by atoms with Crippen molar-refractivity contribution in [2.75, 3.05) is 17.2 Å². The molecule has 1 aliphatic rings. The van der Waals surface area contributed by atoms with E-state index in [4.69, 9.17) is 10.7 Å². The predicted octanol–water partition coefficient (Wildman–Crippen LogP) is 3.83. The Bertz CT molecular complexity index is 1470. The molecule has 0 bridgehead atoms. The van der Waals surface area contributed by atoms with Crippen molar-refractivity contribution in [2.24, 2.45) is 0 Å². The first kappa shape index (κ1) is 22.2. The highest BCUT2D eigenvalue weighted by Crippen LogP contribution is 2.33. The van der Waals surface area contributed by atoms with Crippen LogP contribution in [0.1, 0.15) is 37.1 Å². The van der Waals surface area contributed by atoms with Gasteiger partial charge in [-0.1, -0.05) is 11.6 Å². The predicted molar refractivity (Wildman–Crippen MR) is 134 cm³/mol. The number of pyridine rings is 1. The van der Waals surface area contributed by atoms with Crippen LogP contribution in [-0.4, -0.2) is 45.5 Å². The second-order valence-electron chi connectivity index (χ2n) is 8.72. The molecule has 3 aromatic heterocycles. The van der Waals surface area contributed by atoms with Crippen molar-refractivity contribution in [1.82, 2.24) is 24.9 Å². The minimum Gasteiger partial charge on any atom is -0.383 e. The lowest BCUT2D eigenvalue weighted by atomic mass is 10.1. The van der Waals surface area contributed by atoms with Crippen molar-refractivity contribution in [3.8, 4) is 11.1 Å². The summed E-state index contributed by atoms with van der Waals surface area (Å²) in [5.74, 6) is 0.897. The third-order valence-corrected chi connectivity index (χ3v) is 8.77. The molecule has 172 valence electrons. The zero-order chi connectivity index (χ0) is 23.3. The summed E-state index contributed by atoms with van der Waals surface area (Å²) in [6, 6.07) is 8.25. The number of rotatable bonds is 4. The second-order valence-corrected chi connectivity index (χ2v) is 11.8. The molecule has 1 saturated heterocycles. The maximum absolute atomic E-state index is 11.8. The maximum Gasteiger partial charge on any atom is 0.165 e. The third-order valence-electron chi connectivity index (χ3n) is 6.25. The minimum absolute atomic E-state index is 0.118. The molecule has 1 unspecified atom stereocenters. The van der Waals surface area contributed by atoms with E-state index < -0.39 is 9.84 Å². The van der Waals surface area contributed by atoms with Crippen LogP contribution in [0.4, 0.5) is 5.82 Å². The van der Waals surface area contributed by atoms with Crippen molar-refractivity contribution in [3.05, 3.63) is 52.4 Å². The lowest BCUT2D eigenvalue weighted by molar-refractivity contribution is 0.415. The van der Waals surface area contributed by atoms with Crippen LogP contribution in [0.2, 0.25) is 0 Å². The largest absolute Gasteiger partial charge is 0.383 e. The quantitative estimate of drug-likeness (QED) is 0.413. The summed E-state index contributed by atoms with van der Waals surface area (Å²) >= 11 is 3.59. The first-order valence-corrected chi connectivity index (χ1v) is 13.5. The fourth-order valence-electron chi connectivity index (χ4n) is 4.39. The zero-order valence-electron chi connectivity index (χ0n) is 18.4. The highest BCUT2D eigenvalue weighted by molar-refractivity contribution is 9.10. The number of nitrogens with one attached hydrogen (secondary N) is 1. The second kappa shape index (κ2) is 8.34. The molecule has 1 atom stereocenters. The Hall–Kier alpha value is -2.56. The minimum atomic E-state index is -2.91. The summed E-state index contributed by atoms with van der Waals surface area (Å²) in [7, 11) is -2.91. The summed E-state index contributed by atoms with van der Waals surface area (Å²) in [6.45, 7) is 4.08. The topological polar surface area (TPSA) is 115 Å². The Labute approximate surface area is 200 Å². The number of fused-ring (bicyclic) bond motifs is 2. The van der Waals surface area contributed by atoms with Gasteiger partial charge in [-0.3, -0.25) is 4.98 Å². The SMILES string of the molecule is Cc1ccc2ncc(-c3cnn4c(N)c(Br)c(C(C)NC5CCS(=O)(=O)CC5)nc34)cc2c1. The van der Waals surface area contributed by atoms with Gasteiger partial charge in [0.05, 0.1) is 33.4 Å². The van der Waals surface area contributed by atoms with E-state index in [9.17, 15) is 8.42 Å². The van der Waals surface area contributed by atoms with Crippen LogP contribution in [0.25, 0.3) is 27.7 Å². The van der Waals surface area contributed by atoms with Gasteiger partial charge in [0.2, 0.25) is 0 Å². The molecule has 1 fully saturated rings. The average molecular weight is 529 g/mol. The van der Waals surface area contributed by atoms with Crippen LogP contribution in [0.5, 0.6) is 0 Å². The molecule has 4 aromatic rings. The highest BCUT2D eigenvalue weighted by Gasteiger charge is 2.27. The standard InChI is InChI=1S/C23H25BrN6O2S/c1-13-3-4-19-15(9-13)10-16(11-26-19)18-12-27-30-22(25)20(24)21(29-23(18)30)14(2)28-17-5-7-33(31,32)8-6-17/h3-4,9-12,14,17,28H,5-8,25H2,1-2H3. The van der Waals surface area contributed by atoms with Gasteiger partial charge in [-0.25, -0.2) is 13.4 Å². The van der Waals surface area contributed by atoms with Crippen LogP contribution in [0.3, 0.4) is 0 Å². The first-order chi connectivity index (χ1) is 15.7. The van der Waals surface area contributed by atoms with Gasteiger partial charge in [0.15, 0.2) is 5.65 Å². The van der Waals surface area contributed by atoms with Gasteiger partial charge in [0.25, 0.3) is 0 Å². The van der Waals surface area contributed by atoms with Crippen molar-refractivity contribution < 1.29 is 8.42 Å². The van der Waals surface area contributed by atoms with E-state index in [0.29, 0.717) is 28.8 Å². The number of nitrogens with two attached hydrogens (primary N) is 1. The number of aryl methyl sites for hydroxylation is 1. The van der Waals surface area contributed by atoms with Crippen LogP contribution >= 0.6 is 15.9 Å².